The van der Waals surface area contributed by atoms with E-state index in [2.05, 4.69) is 4.98 Å². The van der Waals surface area contributed by atoms with Crippen molar-refractivity contribution in [3.63, 3.8) is 0 Å². The van der Waals surface area contributed by atoms with Gasteiger partial charge in [0.25, 0.3) is 5.19 Å². The Morgan fingerprint density at radius 2 is 2.29 bits per heavy atom. The fourth-order valence-electron chi connectivity index (χ4n) is 1.21. The topological polar surface area (TPSA) is 39.2 Å². The monoisotopic (exact) mass is 207 g/mol. The van der Waals surface area contributed by atoms with Crippen LogP contribution < -0.4 is 4.74 Å². The lowest BCUT2D eigenvalue weighted by Crippen LogP contribution is -1.90. The van der Waals surface area contributed by atoms with Gasteiger partial charge < -0.3 is 4.74 Å². The molecule has 0 aliphatic heterocycles. The number of nitrogens with zero attached hydrogens (tertiary/aromatic N) is 1. The minimum atomic E-state index is 0.0545. The average Bonchev–Trinajstić information content (AvgIpc) is 2.58. The number of fused-ring (bicyclic) bond motifs is 1. The lowest BCUT2D eigenvalue weighted by atomic mass is 10.1. The average molecular weight is 207 g/mol. The Bertz CT molecular complexity index is 490. The smallest absolute Gasteiger partial charge is 0.274 e. The number of carbonyl (C=O) groups is 1. The molecule has 0 N–H and O–H groups in total. The second-order valence-electron chi connectivity index (χ2n) is 2.92. The summed E-state index contributed by atoms with van der Waals surface area (Å²) >= 11 is 1.47. The number of hydrogen-bond donors (Lipinski definition) is 0. The lowest BCUT2D eigenvalue weighted by molar-refractivity contribution is 0.101. The Balaban J connectivity index is 2.59. The summed E-state index contributed by atoms with van der Waals surface area (Å²) in [6, 6.07) is 5.49. The van der Waals surface area contributed by atoms with Crippen molar-refractivity contribution >= 4 is 27.3 Å². The molecule has 0 saturated heterocycles. The predicted octanol–water partition coefficient (Wildman–Crippen LogP) is 2.51. The maximum atomic E-state index is 11.1. The van der Waals surface area contributed by atoms with Crippen LogP contribution in [-0.2, 0) is 0 Å². The van der Waals surface area contributed by atoms with Gasteiger partial charge in [-0.1, -0.05) is 11.3 Å². The van der Waals surface area contributed by atoms with Crippen LogP contribution in [0.25, 0.3) is 10.2 Å². The number of rotatable bonds is 2. The largest absolute Gasteiger partial charge is 0.473 e. The Morgan fingerprint density at radius 1 is 1.50 bits per heavy atom. The molecule has 2 rings (SSSR count). The maximum Gasteiger partial charge on any atom is 0.274 e. The van der Waals surface area contributed by atoms with Gasteiger partial charge in [0, 0.05) is 5.56 Å². The van der Waals surface area contributed by atoms with Gasteiger partial charge in [-0.25, -0.2) is 4.98 Å². The molecule has 0 spiro atoms. The number of thiazole rings is 1. The second-order valence-corrected chi connectivity index (χ2v) is 3.92. The van der Waals surface area contributed by atoms with Crippen LogP contribution in [0.3, 0.4) is 0 Å². The third kappa shape index (κ3) is 1.48. The van der Waals surface area contributed by atoms with Gasteiger partial charge in [-0.05, 0) is 25.1 Å². The molecule has 3 nitrogen and oxygen atoms in total. The highest BCUT2D eigenvalue weighted by atomic mass is 32.1. The first kappa shape index (κ1) is 9.15. The number of benzene rings is 1. The highest BCUT2D eigenvalue weighted by Gasteiger charge is 2.06. The molecule has 72 valence electrons. The first-order valence-corrected chi connectivity index (χ1v) is 4.98. The van der Waals surface area contributed by atoms with E-state index < -0.39 is 0 Å². The summed E-state index contributed by atoms with van der Waals surface area (Å²) in [5.41, 5.74) is 1.50. The maximum absolute atomic E-state index is 11.1. The quantitative estimate of drug-likeness (QED) is 0.710. The van der Waals surface area contributed by atoms with Gasteiger partial charge in [-0.15, -0.1) is 0 Å². The number of carbonyl (C=O) groups excluding carboxylic acids is 1. The van der Waals surface area contributed by atoms with Gasteiger partial charge in [0.05, 0.1) is 17.3 Å². The fraction of sp³-hybridized carbons (Fsp3) is 0.200. The van der Waals surface area contributed by atoms with Gasteiger partial charge in [0.15, 0.2) is 5.78 Å². The molecule has 0 saturated carbocycles. The van der Waals surface area contributed by atoms with Crippen LogP contribution in [0, 0.1) is 0 Å². The SMILES string of the molecule is COc1nc2cc(C(C)=O)ccc2s1. The van der Waals surface area contributed by atoms with Crippen molar-refractivity contribution in [2.45, 2.75) is 6.92 Å². The number of Topliss-reactive ketones (excluding diaryl/α,β-unsaturated/α-hetero) is 1. The molecular weight excluding hydrogens is 198 g/mol. The first-order valence-electron chi connectivity index (χ1n) is 4.16. The zero-order chi connectivity index (χ0) is 10.1. The summed E-state index contributed by atoms with van der Waals surface area (Å²) in [4.78, 5) is 15.3. The van der Waals surface area contributed by atoms with Crippen molar-refractivity contribution in [2.75, 3.05) is 7.11 Å². The van der Waals surface area contributed by atoms with E-state index in [-0.39, 0.29) is 5.78 Å². The van der Waals surface area contributed by atoms with Gasteiger partial charge in [-0.2, -0.15) is 0 Å². The Labute approximate surface area is 85.3 Å². The molecule has 14 heavy (non-hydrogen) atoms. The van der Waals surface area contributed by atoms with Crippen molar-refractivity contribution < 1.29 is 9.53 Å². The van der Waals surface area contributed by atoms with E-state index in [4.69, 9.17) is 4.74 Å². The fourth-order valence-corrected chi connectivity index (χ4v) is 1.97. The highest BCUT2D eigenvalue weighted by molar-refractivity contribution is 7.20. The molecular formula is C10H9NO2S. The summed E-state index contributed by atoms with van der Waals surface area (Å²) in [5.74, 6) is 0.0545. The number of methoxy groups -OCH3 is 1. The molecule has 0 amide bonds. The number of aromatic nitrogens is 1. The zero-order valence-corrected chi connectivity index (χ0v) is 8.72. The van der Waals surface area contributed by atoms with Crippen LogP contribution in [-0.4, -0.2) is 17.9 Å². The van der Waals surface area contributed by atoms with Crippen LogP contribution >= 0.6 is 11.3 Å². The van der Waals surface area contributed by atoms with Gasteiger partial charge in [0.1, 0.15) is 0 Å². The molecule has 0 unspecified atom stereocenters. The Morgan fingerprint density at radius 3 is 2.93 bits per heavy atom. The van der Waals surface area contributed by atoms with E-state index in [1.54, 1.807) is 20.1 Å². The van der Waals surface area contributed by atoms with Crippen molar-refractivity contribution in [2.24, 2.45) is 0 Å². The van der Waals surface area contributed by atoms with E-state index in [0.717, 1.165) is 10.2 Å². The van der Waals surface area contributed by atoms with E-state index in [0.29, 0.717) is 10.8 Å². The summed E-state index contributed by atoms with van der Waals surface area (Å²) in [6.45, 7) is 1.55. The summed E-state index contributed by atoms with van der Waals surface area (Å²) in [7, 11) is 1.59. The van der Waals surface area contributed by atoms with Crippen LogP contribution in [0.15, 0.2) is 18.2 Å². The van der Waals surface area contributed by atoms with Gasteiger partial charge >= 0.3 is 0 Å². The molecule has 0 fully saturated rings. The Kier molecular flexibility index (Phi) is 2.21. The van der Waals surface area contributed by atoms with Crippen molar-refractivity contribution in [1.29, 1.82) is 0 Å². The molecule has 2 aromatic rings. The Hall–Kier alpha value is -1.42. The molecule has 0 radical (unpaired) electrons. The molecule has 0 aliphatic rings. The van der Waals surface area contributed by atoms with Crippen LogP contribution in [0.5, 0.6) is 5.19 Å². The standard InChI is InChI=1S/C10H9NO2S/c1-6(12)7-3-4-9-8(5-7)11-10(13-2)14-9/h3-5H,1-2H3. The zero-order valence-electron chi connectivity index (χ0n) is 7.90. The molecule has 0 aliphatic carbocycles. The van der Waals surface area contributed by atoms with E-state index in [9.17, 15) is 4.79 Å². The number of ether oxygens (including phenoxy) is 1. The summed E-state index contributed by atoms with van der Waals surface area (Å²) in [6.07, 6.45) is 0. The van der Waals surface area contributed by atoms with Crippen LogP contribution in [0.4, 0.5) is 0 Å². The van der Waals surface area contributed by atoms with E-state index in [1.807, 2.05) is 12.1 Å². The number of hydrogen-bond acceptors (Lipinski definition) is 4. The van der Waals surface area contributed by atoms with Crippen molar-refractivity contribution in [1.82, 2.24) is 4.98 Å². The minimum absolute atomic E-state index is 0.0545. The lowest BCUT2D eigenvalue weighted by Gasteiger charge is -1.92. The van der Waals surface area contributed by atoms with E-state index in [1.165, 1.54) is 11.3 Å². The molecule has 4 heteroatoms. The van der Waals surface area contributed by atoms with Gasteiger partial charge in [0.2, 0.25) is 0 Å². The highest BCUT2D eigenvalue weighted by Crippen LogP contribution is 2.27. The summed E-state index contributed by atoms with van der Waals surface area (Å²) in [5, 5.41) is 0.626. The third-order valence-electron chi connectivity index (χ3n) is 1.95. The van der Waals surface area contributed by atoms with Crippen molar-refractivity contribution in [3.8, 4) is 5.19 Å². The second kappa shape index (κ2) is 3.38. The minimum Gasteiger partial charge on any atom is -0.473 e. The normalized spacial score (nSPS) is 10.4. The predicted molar refractivity (Wildman–Crippen MR) is 56.2 cm³/mol. The first-order chi connectivity index (χ1) is 6.70. The molecule has 1 aromatic carbocycles. The van der Waals surface area contributed by atoms with Gasteiger partial charge in [-0.3, -0.25) is 4.79 Å². The number of ketones is 1. The van der Waals surface area contributed by atoms with Crippen molar-refractivity contribution in [3.05, 3.63) is 23.8 Å². The molecule has 0 atom stereocenters. The molecule has 1 aromatic heterocycles. The van der Waals surface area contributed by atoms with Crippen LogP contribution in [0.1, 0.15) is 17.3 Å². The van der Waals surface area contributed by atoms with E-state index >= 15 is 0 Å². The third-order valence-corrected chi connectivity index (χ3v) is 2.95. The van der Waals surface area contributed by atoms with Crippen LogP contribution in [0.2, 0.25) is 0 Å². The molecule has 1 heterocycles. The molecule has 0 bridgehead atoms. The summed E-state index contributed by atoms with van der Waals surface area (Å²) < 4.78 is 6.06.